The monoisotopic (exact) mass is 439 g/mol. The molecule has 0 aromatic heterocycles. The fourth-order valence-electron chi connectivity index (χ4n) is 3.02. The second kappa shape index (κ2) is 9.09. The zero-order chi connectivity index (χ0) is 21.0. The second-order valence-corrected chi connectivity index (χ2v) is 7.62. The van der Waals surface area contributed by atoms with Crippen molar-refractivity contribution < 1.29 is 19.5 Å². The van der Waals surface area contributed by atoms with Gasteiger partial charge in [0.15, 0.2) is 5.75 Å². The van der Waals surface area contributed by atoms with Crippen LogP contribution in [0.1, 0.15) is 26.7 Å². The molecular weight excluding hydrogens is 417 g/mol. The van der Waals surface area contributed by atoms with E-state index in [4.69, 9.17) is 37.9 Å². The predicted molar refractivity (Wildman–Crippen MR) is 114 cm³/mol. The first-order valence-electron chi connectivity index (χ1n) is 9.29. The first kappa shape index (κ1) is 21.5. The number of nitrogens with one attached hydrogen (secondary N) is 2. The highest BCUT2D eigenvalue weighted by Gasteiger charge is 2.37. The van der Waals surface area contributed by atoms with E-state index in [0.29, 0.717) is 33.8 Å². The molecule has 0 radical (unpaired) electrons. The van der Waals surface area contributed by atoms with Gasteiger partial charge in [-0.25, -0.2) is 0 Å². The maximum atomic E-state index is 10.8. The zero-order valence-electron chi connectivity index (χ0n) is 16.2. The third-order valence-electron chi connectivity index (χ3n) is 4.93. The summed E-state index contributed by atoms with van der Waals surface area (Å²) in [5.41, 5.74) is 4.08. The van der Waals surface area contributed by atoms with E-state index in [2.05, 4.69) is 24.8 Å². The number of carboxylic acid groups (broad SMARTS) is 1. The highest BCUT2D eigenvalue weighted by Crippen LogP contribution is 2.38. The van der Waals surface area contributed by atoms with Crippen molar-refractivity contribution in [3.05, 3.63) is 46.4 Å². The van der Waals surface area contributed by atoms with Crippen molar-refractivity contribution in [3.63, 3.8) is 0 Å². The molecule has 0 aliphatic carbocycles. The van der Waals surface area contributed by atoms with Crippen LogP contribution in [0, 0.1) is 0 Å². The number of hydrazine groups is 1. The minimum atomic E-state index is -0.983. The van der Waals surface area contributed by atoms with Crippen LogP contribution in [-0.4, -0.2) is 29.8 Å². The Hall–Kier alpha value is -2.19. The summed E-state index contributed by atoms with van der Waals surface area (Å²) in [6.45, 7) is 4.65. The van der Waals surface area contributed by atoms with Crippen LogP contribution in [0.3, 0.4) is 0 Å². The molecule has 0 spiro atoms. The van der Waals surface area contributed by atoms with E-state index in [9.17, 15) is 4.79 Å². The van der Waals surface area contributed by atoms with E-state index in [1.165, 1.54) is 0 Å². The van der Waals surface area contributed by atoms with Crippen molar-refractivity contribution >= 4 is 40.5 Å². The standard InChI is InChI=1S/C20H23Cl2N3O4/c1-3-20(4-2)12-25(24-29-20)14-6-8-17(15(22)10-14)28-18-9-13(21)5-7-16(18)23-11-19(26)27/h5-10,23-24H,3-4,11-12H2,1-2H3,(H,26,27). The van der Waals surface area contributed by atoms with Crippen LogP contribution >= 0.6 is 23.2 Å². The van der Waals surface area contributed by atoms with Crippen LogP contribution in [-0.2, 0) is 9.63 Å². The molecule has 0 saturated carbocycles. The summed E-state index contributed by atoms with van der Waals surface area (Å²) in [5.74, 6) is -0.177. The lowest BCUT2D eigenvalue weighted by atomic mass is 9.97. The molecule has 3 N–H and O–H groups in total. The van der Waals surface area contributed by atoms with E-state index in [0.717, 1.165) is 18.5 Å². The number of anilines is 2. The fraction of sp³-hybridized carbons (Fsp3) is 0.350. The Labute approximate surface area is 179 Å². The normalized spacial score (nSPS) is 15.4. The number of carboxylic acids is 1. The van der Waals surface area contributed by atoms with Crippen molar-refractivity contribution in [2.24, 2.45) is 0 Å². The van der Waals surface area contributed by atoms with E-state index in [1.807, 2.05) is 11.1 Å². The molecule has 0 atom stereocenters. The fourth-order valence-corrected chi connectivity index (χ4v) is 3.40. The Balaban J connectivity index is 1.78. The molecular formula is C20H23Cl2N3O4. The third kappa shape index (κ3) is 5.05. The molecule has 1 aliphatic heterocycles. The highest BCUT2D eigenvalue weighted by molar-refractivity contribution is 6.32. The molecule has 2 aromatic rings. The van der Waals surface area contributed by atoms with Crippen molar-refractivity contribution in [2.75, 3.05) is 23.4 Å². The van der Waals surface area contributed by atoms with Gasteiger partial charge in [-0.3, -0.25) is 14.6 Å². The number of hydrogen-bond donors (Lipinski definition) is 3. The number of halogens is 2. The summed E-state index contributed by atoms with van der Waals surface area (Å²) in [6, 6.07) is 10.3. The van der Waals surface area contributed by atoms with Gasteiger partial charge in [-0.15, -0.1) is 5.59 Å². The van der Waals surface area contributed by atoms with Crippen LogP contribution in [0.2, 0.25) is 10.0 Å². The first-order chi connectivity index (χ1) is 13.9. The van der Waals surface area contributed by atoms with Crippen molar-refractivity contribution in [1.29, 1.82) is 0 Å². The van der Waals surface area contributed by atoms with E-state index < -0.39 is 5.97 Å². The minimum Gasteiger partial charge on any atom is -0.480 e. The van der Waals surface area contributed by atoms with E-state index in [1.54, 1.807) is 30.3 Å². The van der Waals surface area contributed by atoms with Gasteiger partial charge in [-0.2, -0.15) is 0 Å². The van der Waals surface area contributed by atoms with Gasteiger partial charge in [-0.1, -0.05) is 37.0 Å². The molecule has 156 valence electrons. The number of carbonyl (C=O) groups is 1. The lowest BCUT2D eigenvalue weighted by molar-refractivity contribution is -0.134. The molecule has 0 amide bonds. The van der Waals surface area contributed by atoms with Gasteiger partial charge in [0.05, 0.1) is 22.9 Å². The van der Waals surface area contributed by atoms with Gasteiger partial charge in [0.25, 0.3) is 0 Å². The Morgan fingerprint density at radius 3 is 2.62 bits per heavy atom. The molecule has 29 heavy (non-hydrogen) atoms. The summed E-state index contributed by atoms with van der Waals surface area (Å²) in [4.78, 5) is 16.6. The van der Waals surface area contributed by atoms with Crippen LogP contribution in [0.5, 0.6) is 11.5 Å². The molecule has 0 bridgehead atoms. The number of benzene rings is 2. The predicted octanol–water partition coefficient (Wildman–Crippen LogP) is 5.10. The lowest BCUT2D eigenvalue weighted by Crippen LogP contribution is -2.33. The zero-order valence-corrected chi connectivity index (χ0v) is 17.7. The molecule has 3 rings (SSSR count). The Morgan fingerprint density at radius 1 is 1.24 bits per heavy atom. The van der Waals surface area contributed by atoms with Crippen LogP contribution in [0.4, 0.5) is 11.4 Å². The first-order valence-corrected chi connectivity index (χ1v) is 10.0. The number of hydrogen-bond acceptors (Lipinski definition) is 6. The van der Waals surface area contributed by atoms with Crippen LogP contribution < -0.4 is 20.7 Å². The largest absolute Gasteiger partial charge is 0.480 e. The average Bonchev–Trinajstić information content (AvgIpc) is 3.14. The second-order valence-electron chi connectivity index (χ2n) is 6.77. The molecule has 1 heterocycles. The molecule has 9 heteroatoms. The maximum absolute atomic E-state index is 10.8. The third-order valence-corrected chi connectivity index (χ3v) is 5.46. The number of nitrogens with zero attached hydrogens (tertiary/aromatic N) is 1. The molecule has 7 nitrogen and oxygen atoms in total. The summed E-state index contributed by atoms with van der Waals surface area (Å²) in [5, 5.41) is 14.5. The van der Waals surface area contributed by atoms with Gasteiger partial charge in [0, 0.05) is 11.1 Å². The smallest absolute Gasteiger partial charge is 0.322 e. The lowest BCUT2D eigenvalue weighted by Gasteiger charge is -2.22. The van der Waals surface area contributed by atoms with Gasteiger partial charge in [0.1, 0.15) is 17.9 Å². The maximum Gasteiger partial charge on any atom is 0.322 e. The molecule has 1 aliphatic rings. The number of rotatable bonds is 8. The van der Waals surface area contributed by atoms with Crippen LogP contribution in [0.25, 0.3) is 0 Å². The number of aliphatic carboxylic acids is 1. The average molecular weight is 440 g/mol. The summed E-state index contributed by atoms with van der Waals surface area (Å²) >= 11 is 12.5. The minimum absolute atomic E-state index is 0.229. The molecule has 0 unspecified atom stereocenters. The molecule has 1 fully saturated rings. The van der Waals surface area contributed by atoms with Gasteiger partial charge in [0.2, 0.25) is 0 Å². The van der Waals surface area contributed by atoms with E-state index >= 15 is 0 Å². The Morgan fingerprint density at radius 2 is 2.00 bits per heavy atom. The van der Waals surface area contributed by atoms with Gasteiger partial charge < -0.3 is 15.2 Å². The highest BCUT2D eigenvalue weighted by atomic mass is 35.5. The quantitative estimate of drug-likeness (QED) is 0.527. The topological polar surface area (TPSA) is 83.1 Å². The van der Waals surface area contributed by atoms with E-state index in [-0.39, 0.29) is 12.1 Å². The van der Waals surface area contributed by atoms with Gasteiger partial charge in [-0.05, 0) is 43.2 Å². The van der Waals surface area contributed by atoms with Crippen LogP contribution in [0.15, 0.2) is 36.4 Å². The SMILES string of the molecule is CCC1(CC)CN(c2ccc(Oc3cc(Cl)ccc3NCC(=O)O)c(Cl)c2)NO1. The summed E-state index contributed by atoms with van der Waals surface area (Å²) in [6.07, 6.45) is 1.78. The molecule has 1 saturated heterocycles. The summed E-state index contributed by atoms with van der Waals surface area (Å²) in [7, 11) is 0. The Kier molecular flexibility index (Phi) is 6.74. The number of ether oxygens (including phenoxy) is 1. The summed E-state index contributed by atoms with van der Waals surface area (Å²) < 4.78 is 5.91. The van der Waals surface area contributed by atoms with Crippen molar-refractivity contribution in [1.82, 2.24) is 5.59 Å². The van der Waals surface area contributed by atoms with Gasteiger partial charge >= 0.3 is 5.97 Å². The van der Waals surface area contributed by atoms with Crippen molar-refractivity contribution in [2.45, 2.75) is 32.3 Å². The Bertz CT molecular complexity index is 890. The molecule has 2 aromatic carbocycles. The van der Waals surface area contributed by atoms with Crippen molar-refractivity contribution in [3.8, 4) is 11.5 Å².